The van der Waals surface area contributed by atoms with E-state index in [2.05, 4.69) is 26.0 Å². The zero-order valence-electron chi connectivity index (χ0n) is 9.42. The van der Waals surface area contributed by atoms with Gasteiger partial charge in [-0.05, 0) is 6.54 Å². The number of imidazole rings is 1. The summed E-state index contributed by atoms with van der Waals surface area (Å²) in [4.78, 5) is 4.33. The summed E-state index contributed by atoms with van der Waals surface area (Å²) in [6.07, 6.45) is 6.43. The van der Waals surface area contributed by atoms with Crippen molar-refractivity contribution in [2.45, 2.75) is 19.4 Å². The van der Waals surface area contributed by atoms with Crippen molar-refractivity contribution in [2.24, 2.45) is 7.05 Å². The molecule has 0 bridgehead atoms. The molecule has 16 heavy (non-hydrogen) atoms. The van der Waals surface area contributed by atoms with Crippen LogP contribution < -0.4 is 5.32 Å². The number of rotatable bonds is 5. The predicted octanol–water partition coefficient (Wildman–Crippen LogP) is 1.16. The SMILES string of the molecule is CCNC(Cc1nccn1C)c1cnsn1. The van der Waals surface area contributed by atoms with Crippen molar-refractivity contribution in [1.82, 2.24) is 23.6 Å². The first-order chi connectivity index (χ1) is 7.81. The van der Waals surface area contributed by atoms with Crippen LogP contribution >= 0.6 is 11.7 Å². The van der Waals surface area contributed by atoms with E-state index in [1.54, 1.807) is 0 Å². The van der Waals surface area contributed by atoms with E-state index in [1.807, 2.05) is 30.2 Å². The Bertz CT molecular complexity index is 422. The summed E-state index contributed by atoms with van der Waals surface area (Å²) in [5.41, 5.74) is 0.995. The van der Waals surface area contributed by atoms with E-state index in [0.29, 0.717) is 0 Å². The Morgan fingerprint density at radius 1 is 1.56 bits per heavy atom. The molecular formula is C10H15N5S. The zero-order valence-corrected chi connectivity index (χ0v) is 10.2. The van der Waals surface area contributed by atoms with Crippen LogP contribution in [0, 0.1) is 0 Å². The smallest absolute Gasteiger partial charge is 0.110 e. The average molecular weight is 237 g/mol. The van der Waals surface area contributed by atoms with Crippen molar-refractivity contribution < 1.29 is 0 Å². The lowest BCUT2D eigenvalue weighted by molar-refractivity contribution is 0.520. The number of hydrogen-bond acceptors (Lipinski definition) is 5. The molecular weight excluding hydrogens is 222 g/mol. The van der Waals surface area contributed by atoms with E-state index in [-0.39, 0.29) is 6.04 Å². The third-order valence-corrected chi connectivity index (χ3v) is 2.99. The van der Waals surface area contributed by atoms with E-state index < -0.39 is 0 Å². The van der Waals surface area contributed by atoms with Gasteiger partial charge in [0, 0.05) is 25.9 Å². The summed E-state index contributed by atoms with van der Waals surface area (Å²) in [5, 5.41) is 3.40. The van der Waals surface area contributed by atoms with Gasteiger partial charge in [0.05, 0.1) is 29.7 Å². The van der Waals surface area contributed by atoms with Crippen LogP contribution in [0.2, 0.25) is 0 Å². The van der Waals surface area contributed by atoms with Gasteiger partial charge in [-0.15, -0.1) is 0 Å². The van der Waals surface area contributed by atoms with Gasteiger partial charge in [0.1, 0.15) is 5.82 Å². The van der Waals surface area contributed by atoms with Crippen LogP contribution in [0.3, 0.4) is 0 Å². The van der Waals surface area contributed by atoms with Crippen molar-refractivity contribution in [3.8, 4) is 0 Å². The first-order valence-electron chi connectivity index (χ1n) is 5.28. The Morgan fingerprint density at radius 2 is 2.44 bits per heavy atom. The molecule has 2 rings (SSSR count). The van der Waals surface area contributed by atoms with Crippen LogP contribution in [0.1, 0.15) is 24.5 Å². The van der Waals surface area contributed by atoms with E-state index >= 15 is 0 Å². The van der Waals surface area contributed by atoms with Gasteiger partial charge in [0.15, 0.2) is 0 Å². The van der Waals surface area contributed by atoms with E-state index in [9.17, 15) is 0 Å². The standard InChI is InChI=1S/C10H15N5S/c1-3-11-8(9-7-13-16-14-9)6-10-12-4-5-15(10)2/h4-5,7-8,11H,3,6H2,1-2H3. The van der Waals surface area contributed by atoms with Crippen LogP contribution in [0.25, 0.3) is 0 Å². The number of nitrogens with one attached hydrogen (secondary N) is 1. The monoisotopic (exact) mass is 237 g/mol. The van der Waals surface area contributed by atoms with E-state index in [1.165, 1.54) is 11.7 Å². The predicted molar refractivity (Wildman–Crippen MR) is 63.2 cm³/mol. The van der Waals surface area contributed by atoms with Crippen molar-refractivity contribution in [1.29, 1.82) is 0 Å². The third-order valence-electron chi connectivity index (χ3n) is 2.49. The molecule has 0 saturated heterocycles. The van der Waals surface area contributed by atoms with Crippen LogP contribution in [0.15, 0.2) is 18.6 Å². The quantitative estimate of drug-likeness (QED) is 0.848. The van der Waals surface area contributed by atoms with E-state index in [4.69, 9.17) is 0 Å². The molecule has 2 aromatic rings. The number of likely N-dealkylation sites (N-methyl/N-ethyl adjacent to an activating group) is 1. The molecule has 1 unspecified atom stereocenters. The highest BCUT2D eigenvalue weighted by Gasteiger charge is 2.15. The number of hydrogen-bond donors (Lipinski definition) is 1. The second-order valence-corrected chi connectivity index (χ2v) is 4.16. The van der Waals surface area contributed by atoms with Gasteiger partial charge in [-0.2, -0.15) is 8.75 Å². The Hall–Kier alpha value is -1.27. The second kappa shape index (κ2) is 5.18. The molecule has 0 aliphatic carbocycles. The lowest BCUT2D eigenvalue weighted by Gasteiger charge is -2.14. The molecule has 6 heteroatoms. The first kappa shape index (κ1) is 11.2. The highest BCUT2D eigenvalue weighted by Crippen LogP contribution is 2.15. The van der Waals surface area contributed by atoms with Crippen molar-refractivity contribution >= 4 is 11.7 Å². The number of aromatic nitrogens is 4. The Labute approximate surface area is 98.9 Å². The molecule has 0 aliphatic rings. The van der Waals surface area contributed by atoms with Gasteiger partial charge in [-0.25, -0.2) is 4.98 Å². The molecule has 2 heterocycles. The molecule has 0 aromatic carbocycles. The fourth-order valence-electron chi connectivity index (χ4n) is 1.63. The maximum absolute atomic E-state index is 4.33. The summed E-state index contributed by atoms with van der Waals surface area (Å²) in [7, 11) is 2.00. The highest BCUT2D eigenvalue weighted by molar-refractivity contribution is 6.99. The van der Waals surface area contributed by atoms with Crippen LogP contribution in [-0.2, 0) is 13.5 Å². The normalized spacial score (nSPS) is 12.9. The van der Waals surface area contributed by atoms with Gasteiger partial charge < -0.3 is 9.88 Å². The van der Waals surface area contributed by atoms with E-state index in [0.717, 1.165) is 24.5 Å². The molecule has 0 aliphatic heterocycles. The van der Waals surface area contributed by atoms with Gasteiger partial charge in [-0.1, -0.05) is 6.92 Å². The molecule has 0 radical (unpaired) electrons. The largest absolute Gasteiger partial charge is 0.338 e. The molecule has 86 valence electrons. The van der Waals surface area contributed by atoms with Gasteiger partial charge >= 0.3 is 0 Å². The first-order valence-corrected chi connectivity index (χ1v) is 6.01. The minimum absolute atomic E-state index is 0.199. The van der Waals surface area contributed by atoms with Crippen molar-refractivity contribution in [3.63, 3.8) is 0 Å². The Morgan fingerprint density at radius 3 is 3.00 bits per heavy atom. The summed E-state index contributed by atoms with van der Waals surface area (Å²) >= 11 is 1.24. The Kier molecular flexibility index (Phi) is 3.63. The van der Waals surface area contributed by atoms with Gasteiger partial charge in [0.25, 0.3) is 0 Å². The number of aryl methyl sites for hydroxylation is 1. The van der Waals surface area contributed by atoms with Gasteiger partial charge in [0.2, 0.25) is 0 Å². The number of nitrogens with zero attached hydrogens (tertiary/aromatic N) is 4. The molecule has 1 N–H and O–H groups in total. The average Bonchev–Trinajstić information content (AvgIpc) is 2.90. The summed E-state index contributed by atoms with van der Waals surface area (Å²) in [5.74, 6) is 1.05. The van der Waals surface area contributed by atoms with Crippen molar-refractivity contribution in [3.05, 3.63) is 30.1 Å². The minimum atomic E-state index is 0.199. The molecule has 0 fully saturated rings. The topological polar surface area (TPSA) is 55.6 Å². The zero-order chi connectivity index (χ0) is 11.4. The minimum Gasteiger partial charge on any atom is -0.338 e. The molecule has 0 saturated carbocycles. The fourth-order valence-corrected chi connectivity index (χ4v) is 2.10. The molecule has 0 spiro atoms. The maximum atomic E-state index is 4.33. The van der Waals surface area contributed by atoms with Crippen molar-refractivity contribution in [2.75, 3.05) is 6.54 Å². The third kappa shape index (κ3) is 2.45. The Balaban J connectivity index is 2.12. The van der Waals surface area contributed by atoms with Crippen LogP contribution in [0.4, 0.5) is 0 Å². The molecule has 1 atom stereocenters. The molecule has 0 amide bonds. The summed E-state index contributed by atoms with van der Waals surface area (Å²) in [6.45, 7) is 3.00. The fraction of sp³-hybridized carbons (Fsp3) is 0.500. The molecule has 2 aromatic heterocycles. The lowest BCUT2D eigenvalue weighted by atomic mass is 10.1. The lowest BCUT2D eigenvalue weighted by Crippen LogP contribution is -2.24. The second-order valence-electron chi connectivity index (χ2n) is 3.60. The maximum Gasteiger partial charge on any atom is 0.110 e. The molecule has 5 nitrogen and oxygen atoms in total. The van der Waals surface area contributed by atoms with Crippen LogP contribution in [0.5, 0.6) is 0 Å². The highest BCUT2D eigenvalue weighted by atomic mass is 32.1. The summed E-state index contributed by atoms with van der Waals surface area (Å²) < 4.78 is 10.3. The summed E-state index contributed by atoms with van der Waals surface area (Å²) in [6, 6.07) is 0.199. The van der Waals surface area contributed by atoms with Crippen LogP contribution in [-0.4, -0.2) is 24.8 Å². The van der Waals surface area contributed by atoms with Gasteiger partial charge in [-0.3, -0.25) is 0 Å².